The maximum Gasteiger partial charge on any atom is 0.251 e. The molecule has 2 rings (SSSR count). The number of hydrogen-bond donors (Lipinski definition) is 2. The zero-order chi connectivity index (χ0) is 14.5. The topological polar surface area (TPSA) is 82.2 Å². The lowest BCUT2D eigenvalue weighted by Crippen LogP contribution is -2.26. The third-order valence-corrected chi connectivity index (χ3v) is 3.05. The van der Waals surface area contributed by atoms with Crippen molar-refractivity contribution in [2.75, 3.05) is 19.4 Å². The van der Waals surface area contributed by atoms with E-state index in [0.29, 0.717) is 30.0 Å². The number of anilines is 1. The van der Waals surface area contributed by atoms with Crippen molar-refractivity contribution in [2.45, 2.75) is 6.42 Å². The fraction of sp³-hybridized carbons (Fsp3) is 0.286. The normalized spacial score (nSPS) is 10.3. The van der Waals surface area contributed by atoms with E-state index in [1.54, 1.807) is 24.4 Å². The molecule has 0 saturated heterocycles. The number of hydrogen-bond acceptors (Lipinski definition) is 4. The molecule has 6 heteroatoms. The van der Waals surface area contributed by atoms with Crippen molar-refractivity contribution in [1.29, 1.82) is 0 Å². The molecule has 0 saturated carbocycles. The molecule has 1 aromatic heterocycles. The van der Waals surface area contributed by atoms with E-state index in [-0.39, 0.29) is 5.91 Å². The number of carbonyl (C=O) groups is 1. The molecule has 20 heavy (non-hydrogen) atoms. The molecular weight excluding hydrogens is 256 g/mol. The first-order valence-corrected chi connectivity index (χ1v) is 6.29. The summed E-state index contributed by atoms with van der Waals surface area (Å²) in [4.78, 5) is 16.2. The Morgan fingerprint density at radius 2 is 2.30 bits per heavy atom. The Morgan fingerprint density at radius 3 is 2.95 bits per heavy atom. The van der Waals surface area contributed by atoms with Crippen molar-refractivity contribution >= 4 is 11.6 Å². The summed E-state index contributed by atoms with van der Waals surface area (Å²) in [6.07, 6.45) is 4.30. The Balaban J connectivity index is 1.93. The molecule has 0 fully saturated rings. The van der Waals surface area contributed by atoms with Crippen LogP contribution in [0.2, 0.25) is 0 Å². The number of benzene rings is 1. The summed E-state index contributed by atoms with van der Waals surface area (Å²) in [6.45, 7) is 0.524. The first-order valence-electron chi connectivity index (χ1n) is 6.29. The van der Waals surface area contributed by atoms with Gasteiger partial charge in [-0.1, -0.05) is 0 Å². The lowest BCUT2D eigenvalue weighted by atomic mass is 10.1. The molecule has 0 radical (unpaired) electrons. The molecule has 0 aliphatic heterocycles. The van der Waals surface area contributed by atoms with Gasteiger partial charge in [0.2, 0.25) is 0 Å². The summed E-state index contributed by atoms with van der Waals surface area (Å²) in [7, 11) is 3.45. The maximum atomic E-state index is 12.0. The van der Waals surface area contributed by atoms with E-state index in [1.165, 1.54) is 7.11 Å². The van der Waals surface area contributed by atoms with Gasteiger partial charge in [-0.15, -0.1) is 0 Å². The number of aryl methyl sites for hydroxylation is 1. The Labute approximate surface area is 117 Å². The average molecular weight is 274 g/mol. The summed E-state index contributed by atoms with van der Waals surface area (Å²) in [5.74, 6) is 1.28. The van der Waals surface area contributed by atoms with E-state index >= 15 is 0 Å². The number of rotatable bonds is 5. The van der Waals surface area contributed by atoms with Crippen molar-refractivity contribution in [2.24, 2.45) is 7.05 Å². The number of aromatic nitrogens is 2. The molecule has 0 aliphatic rings. The van der Waals surface area contributed by atoms with Gasteiger partial charge in [0, 0.05) is 38.0 Å². The molecule has 0 aliphatic carbocycles. The van der Waals surface area contributed by atoms with Gasteiger partial charge < -0.3 is 20.4 Å². The lowest BCUT2D eigenvalue weighted by Gasteiger charge is -2.08. The minimum Gasteiger partial charge on any atom is -0.495 e. The average Bonchev–Trinajstić information content (AvgIpc) is 2.85. The highest BCUT2D eigenvalue weighted by Crippen LogP contribution is 2.21. The molecule has 106 valence electrons. The molecule has 0 atom stereocenters. The Bertz CT molecular complexity index is 607. The summed E-state index contributed by atoms with van der Waals surface area (Å²) < 4.78 is 7.03. The molecule has 0 spiro atoms. The molecule has 1 heterocycles. The van der Waals surface area contributed by atoms with Crippen LogP contribution in [0.5, 0.6) is 5.75 Å². The van der Waals surface area contributed by atoms with E-state index in [4.69, 9.17) is 10.5 Å². The summed E-state index contributed by atoms with van der Waals surface area (Å²) >= 11 is 0. The van der Waals surface area contributed by atoms with Crippen LogP contribution >= 0.6 is 0 Å². The minimum absolute atomic E-state index is 0.155. The smallest absolute Gasteiger partial charge is 0.251 e. The highest BCUT2D eigenvalue weighted by atomic mass is 16.5. The van der Waals surface area contributed by atoms with Crippen molar-refractivity contribution in [3.8, 4) is 5.75 Å². The number of methoxy groups -OCH3 is 1. The van der Waals surface area contributed by atoms with Crippen LogP contribution in [-0.2, 0) is 13.5 Å². The van der Waals surface area contributed by atoms with E-state index in [9.17, 15) is 4.79 Å². The predicted molar refractivity (Wildman–Crippen MR) is 76.7 cm³/mol. The highest BCUT2D eigenvalue weighted by molar-refractivity contribution is 5.95. The van der Waals surface area contributed by atoms with E-state index in [0.717, 1.165) is 5.82 Å². The Morgan fingerprint density at radius 1 is 1.50 bits per heavy atom. The molecule has 1 amide bonds. The second-order valence-electron chi connectivity index (χ2n) is 4.42. The number of ether oxygens (including phenoxy) is 1. The van der Waals surface area contributed by atoms with Crippen LogP contribution in [-0.4, -0.2) is 29.1 Å². The van der Waals surface area contributed by atoms with Gasteiger partial charge in [0.25, 0.3) is 5.91 Å². The fourth-order valence-corrected chi connectivity index (χ4v) is 1.88. The molecule has 3 N–H and O–H groups in total. The fourth-order valence-electron chi connectivity index (χ4n) is 1.88. The van der Waals surface area contributed by atoms with Gasteiger partial charge in [0.15, 0.2) is 0 Å². The second kappa shape index (κ2) is 6.10. The van der Waals surface area contributed by atoms with Crippen molar-refractivity contribution in [1.82, 2.24) is 14.9 Å². The molecule has 1 aromatic carbocycles. The molecule has 6 nitrogen and oxygen atoms in total. The number of imidazole rings is 1. The number of nitrogens with one attached hydrogen (secondary N) is 1. The Kier molecular flexibility index (Phi) is 4.24. The van der Waals surface area contributed by atoms with E-state index in [2.05, 4.69) is 10.3 Å². The monoisotopic (exact) mass is 274 g/mol. The van der Waals surface area contributed by atoms with Gasteiger partial charge in [0.05, 0.1) is 12.8 Å². The maximum absolute atomic E-state index is 12.0. The van der Waals surface area contributed by atoms with Gasteiger partial charge >= 0.3 is 0 Å². The minimum atomic E-state index is -0.155. The van der Waals surface area contributed by atoms with Gasteiger partial charge in [-0.2, -0.15) is 0 Å². The molecular formula is C14H18N4O2. The zero-order valence-electron chi connectivity index (χ0n) is 11.6. The van der Waals surface area contributed by atoms with Crippen LogP contribution < -0.4 is 15.8 Å². The summed E-state index contributed by atoms with van der Waals surface area (Å²) in [5.41, 5.74) is 6.75. The summed E-state index contributed by atoms with van der Waals surface area (Å²) in [6, 6.07) is 4.96. The number of amides is 1. The highest BCUT2D eigenvalue weighted by Gasteiger charge is 2.09. The van der Waals surface area contributed by atoms with E-state index in [1.807, 2.05) is 17.8 Å². The third kappa shape index (κ3) is 3.09. The van der Waals surface area contributed by atoms with Gasteiger partial charge in [-0.05, 0) is 18.2 Å². The quantitative estimate of drug-likeness (QED) is 0.796. The predicted octanol–water partition coefficient (Wildman–Crippen LogP) is 0.983. The van der Waals surface area contributed by atoms with Crippen LogP contribution in [0.1, 0.15) is 16.2 Å². The van der Waals surface area contributed by atoms with Crippen LogP contribution in [0.25, 0.3) is 0 Å². The van der Waals surface area contributed by atoms with E-state index < -0.39 is 0 Å². The van der Waals surface area contributed by atoms with Crippen LogP contribution in [0.4, 0.5) is 5.69 Å². The van der Waals surface area contributed by atoms with Crippen molar-refractivity contribution < 1.29 is 9.53 Å². The molecule has 2 aromatic rings. The second-order valence-corrected chi connectivity index (χ2v) is 4.42. The molecule has 0 bridgehead atoms. The third-order valence-electron chi connectivity index (χ3n) is 3.05. The molecule has 0 unspecified atom stereocenters. The first kappa shape index (κ1) is 13.9. The van der Waals surface area contributed by atoms with Gasteiger partial charge in [-0.25, -0.2) is 4.98 Å². The number of nitrogens with zero attached hydrogens (tertiary/aromatic N) is 2. The SMILES string of the molecule is COc1cc(C(=O)NCCc2nccn2C)ccc1N. The Hall–Kier alpha value is -2.50. The van der Waals surface area contributed by atoms with Crippen LogP contribution in [0.3, 0.4) is 0 Å². The summed E-state index contributed by atoms with van der Waals surface area (Å²) in [5, 5.41) is 2.85. The number of carbonyl (C=O) groups excluding carboxylic acids is 1. The first-order chi connectivity index (χ1) is 9.61. The van der Waals surface area contributed by atoms with Crippen molar-refractivity contribution in [3.63, 3.8) is 0 Å². The number of nitrogen functional groups attached to an aromatic ring is 1. The van der Waals surface area contributed by atoms with Gasteiger partial charge in [0.1, 0.15) is 11.6 Å². The standard InChI is InChI=1S/C14H18N4O2/c1-18-8-7-16-13(18)5-6-17-14(19)10-3-4-11(15)12(9-10)20-2/h3-4,7-9H,5-6,15H2,1-2H3,(H,17,19). The number of nitrogens with two attached hydrogens (primary N) is 1. The van der Waals surface area contributed by atoms with Crippen molar-refractivity contribution in [3.05, 3.63) is 42.0 Å². The zero-order valence-corrected chi connectivity index (χ0v) is 11.6. The largest absolute Gasteiger partial charge is 0.495 e. The lowest BCUT2D eigenvalue weighted by molar-refractivity contribution is 0.0953. The van der Waals surface area contributed by atoms with Crippen LogP contribution in [0.15, 0.2) is 30.6 Å². The van der Waals surface area contributed by atoms with Gasteiger partial charge in [-0.3, -0.25) is 4.79 Å². The van der Waals surface area contributed by atoms with Crippen LogP contribution in [0, 0.1) is 0 Å².